The van der Waals surface area contributed by atoms with Crippen LogP contribution in [0, 0.1) is 5.82 Å². The Hall–Kier alpha value is -2.44. The number of aromatic nitrogens is 2. The van der Waals surface area contributed by atoms with E-state index in [4.69, 9.17) is 11.6 Å². The molecule has 0 N–H and O–H groups in total. The molecular formula is C19H18ClFN4O. The predicted octanol–water partition coefficient (Wildman–Crippen LogP) is 3.08. The van der Waals surface area contributed by atoms with Crippen LogP contribution in [0.5, 0.6) is 0 Å². The molecule has 0 atom stereocenters. The standard InChI is InChI=1S/C19H18ClFN4O/c20-16-5-3-6-17(21)18(16)19(26)24-10-8-23(9-11-24)13-14-12-15-4-1-2-7-25(15)22-14/h1-7,12H,8-11,13H2. The Bertz CT molecular complexity index is 896. The molecule has 2 aromatic heterocycles. The lowest BCUT2D eigenvalue weighted by molar-refractivity contribution is 0.0622. The largest absolute Gasteiger partial charge is 0.336 e. The summed E-state index contributed by atoms with van der Waals surface area (Å²) in [4.78, 5) is 16.5. The Labute approximate surface area is 155 Å². The minimum atomic E-state index is -0.574. The minimum Gasteiger partial charge on any atom is -0.336 e. The van der Waals surface area contributed by atoms with Crippen molar-refractivity contribution in [3.63, 3.8) is 0 Å². The lowest BCUT2D eigenvalue weighted by Gasteiger charge is -2.34. The SMILES string of the molecule is O=C(c1c(F)cccc1Cl)N1CCN(Cc2cc3ccccn3n2)CC1. The maximum Gasteiger partial charge on any atom is 0.258 e. The molecule has 1 fully saturated rings. The number of benzene rings is 1. The molecule has 26 heavy (non-hydrogen) atoms. The lowest BCUT2D eigenvalue weighted by Crippen LogP contribution is -2.48. The molecule has 4 rings (SSSR count). The van der Waals surface area contributed by atoms with Gasteiger partial charge in [0.05, 0.1) is 21.8 Å². The Morgan fingerprint density at radius 2 is 1.92 bits per heavy atom. The number of hydrogen-bond acceptors (Lipinski definition) is 3. The molecule has 0 spiro atoms. The Balaban J connectivity index is 1.40. The summed E-state index contributed by atoms with van der Waals surface area (Å²) in [5.41, 5.74) is 2.02. The maximum absolute atomic E-state index is 14.0. The van der Waals surface area contributed by atoms with Gasteiger partial charge in [-0.05, 0) is 30.3 Å². The summed E-state index contributed by atoms with van der Waals surface area (Å²) in [5.74, 6) is -0.921. The molecule has 0 aliphatic carbocycles. The van der Waals surface area contributed by atoms with Crippen molar-refractivity contribution in [1.29, 1.82) is 0 Å². The number of halogens is 2. The molecule has 7 heteroatoms. The van der Waals surface area contributed by atoms with Gasteiger partial charge in [-0.25, -0.2) is 8.91 Å². The first kappa shape index (κ1) is 17.0. The first-order valence-corrected chi connectivity index (χ1v) is 8.88. The van der Waals surface area contributed by atoms with Gasteiger partial charge in [0.1, 0.15) is 5.82 Å². The van der Waals surface area contributed by atoms with Gasteiger partial charge in [0.15, 0.2) is 0 Å². The van der Waals surface area contributed by atoms with Crippen molar-refractivity contribution >= 4 is 23.0 Å². The van der Waals surface area contributed by atoms with Crippen molar-refractivity contribution in [2.24, 2.45) is 0 Å². The average molecular weight is 373 g/mol. The molecule has 1 aliphatic heterocycles. The first-order valence-electron chi connectivity index (χ1n) is 8.51. The van der Waals surface area contributed by atoms with Crippen molar-refractivity contribution in [2.45, 2.75) is 6.54 Å². The zero-order valence-electron chi connectivity index (χ0n) is 14.1. The summed E-state index contributed by atoms with van der Waals surface area (Å²) < 4.78 is 15.8. The first-order chi connectivity index (χ1) is 12.6. The fraction of sp³-hybridized carbons (Fsp3) is 0.263. The third kappa shape index (κ3) is 3.30. The molecule has 0 unspecified atom stereocenters. The summed E-state index contributed by atoms with van der Waals surface area (Å²) >= 11 is 6.01. The number of hydrogen-bond donors (Lipinski definition) is 0. The van der Waals surface area contributed by atoms with Gasteiger partial charge >= 0.3 is 0 Å². The van der Waals surface area contributed by atoms with Crippen molar-refractivity contribution in [1.82, 2.24) is 19.4 Å². The maximum atomic E-state index is 14.0. The highest BCUT2D eigenvalue weighted by atomic mass is 35.5. The van der Waals surface area contributed by atoms with E-state index >= 15 is 0 Å². The van der Waals surface area contributed by atoms with Crippen molar-refractivity contribution < 1.29 is 9.18 Å². The van der Waals surface area contributed by atoms with E-state index in [1.54, 1.807) is 4.90 Å². The van der Waals surface area contributed by atoms with E-state index in [2.05, 4.69) is 16.1 Å². The Morgan fingerprint density at radius 1 is 1.12 bits per heavy atom. The third-order valence-corrected chi connectivity index (χ3v) is 4.96. The average Bonchev–Trinajstić information content (AvgIpc) is 3.04. The van der Waals surface area contributed by atoms with Crippen LogP contribution in [0.3, 0.4) is 0 Å². The van der Waals surface area contributed by atoms with Crippen LogP contribution in [0.2, 0.25) is 5.02 Å². The molecule has 3 heterocycles. The summed E-state index contributed by atoms with van der Waals surface area (Å²) in [6.45, 7) is 3.23. The molecule has 134 valence electrons. The van der Waals surface area contributed by atoms with Gasteiger partial charge in [-0.1, -0.05) is 23.7 Å². The van der Waals surface area contributed by atoms with Crippen LogP contribution in [-0.2, 0) is 6.54 Å². The van der Waals surface area contributed by atoms with E-state index in [0.717, 1.165) is 17.8 Å². The highest BCUT2D eigenvalue weighted by molar-refractivity contribution is 6.33. The van der Waals surface area contributed by atoms with Gasteiger partial charge < -0.3 is 4.90 Å². The van der Waals surface area contributed by atoms with E-state index in [0.29, 0.717) is 26.2 Å². The molecule has 0 saturated carbocycles. The molecular weight excluding hydrogens is 355 g/mol. The molecule has 1 saturated heterocycles. The number of fused-ring (bicyclic) bond motifs is 1. The molecule has 1 amide bonds. The Kier molecular flexibility index (Phi) is 4.61. The number of carbonyl (C=O) groups excluding carboxylic acids is 1. The van der Waals surface area contributed by atoms with Crippen molar-refractivity contribution in [3.8, 4) is 0 Å². The molecule has 1 aromatic carbocycles. The van der Waals surface area contributed by atoms with Gasteiger partial charge in [-0.15, -0.1) is 0 Å². The van der Waals surface area contributed by atoms with Crippen LogP contribution < -0.4 is 0 Å². The zero-order chi connectivity index (χ0) is 18.1. The summed E-state index contributed by atoms with van der Waals surface area (Å²) in [5, 5.41) is 4.71. The minimum absolute atomic E-state index is 0.0389. The second-order valence-electron chi connectivity index (χ2n) is 6.37. The number of carbonyl (C=O) groups is 1. The predicted molar refractivity (Wildman–Crippen MR) is 97.8 cm³/mol. The summed E-state index contributed by atoms with van der Waals surface area (Å²) in [7, 11) is 0. The van der Waals surface area contributed by atoms with Gasteiger partial charge in [-0.2, -0.15) is 5.10 Å². The van der Waals surface area contributed by atoms with Crippen LogP contribution in [0.15, 0.2) is 48.7 Å². The number of piperazine rings is 1. The van der Waals surface area contributed by atoms with E-state index in [1.807, 2.05) is 28.9 Å². The molecule has 0 bridgehead atoms. The number of rotatable bonds is 3. The second-order valence-corrected chi connectivity index (χ2v) is 6.78. The molecule has 5 nitrogen and oxygen atoms in total. The van der Waals surface area contributed by atoms with Crippen LogP contribution in [-0.4, -0.2) is 51.5 Å². The van der Waals surface area contributed by atoms with Crippen molar-refractivity contribution in [2.75, 3.05) is 26.2 Å². The van der Waals surface area contributed by atoms with Crippen molar-refractivity contribution in [3.05, 3.63) is 70.8 Å². The second kappa shape index (κ2) is 7.05. The van der Waals surface area contributed by atoms with E-state index in [9.17, 15) is 9.18 Å². The normalized spacial score (nSPS) is 15.5. The smallest absolute Gasteiger partial charge is 0.258 e. The third-order valence-electron chi connectivity index (χ3n) is 4.64. The van der Waals surface area contributed by atoms with Gasteiger partial charge in [0.25, 0.3) is 5.91 Å². The number of nitrogens with zero attached hydrogens (tertiary/aromatic N) is 4. The summed E-state index contributed by atoms with van der Waals surface area (Å²) in [6, 6.07) is 12.3. The van der Waals surface area contributed by atoms with Gasteiger partial charge in [-0.3, -0.25) is 9.69 Å². The number of amides is 1. The van der Waals surface area contributed by atoms with Crippen LogP contribution >= 0.6 is 11.6 Å². The fourth-order valence-electron chi connectivity index (χ4n) is 3.27. The molecule has 3 aromatic rings. The number of pyridine rings is 1. The fourth-order valence-corrected chi connectivity index (χ4v) is 3.51. The van der Waals surface area contributed by atoms with Crippen LogP contribution in [0.1, 0.15) is 16.1 Å². The quantitative estimate of drug-likeness (QED) is 0.709. The Morgan fingerprint density at radius 3 is 2.65 bits per heavy atom. The van der Waals surface area contributed by atoms with Gasteiger partial charge in [0, 0.05) is 38.9 Å². The highest BCUT2D eigenvalue weighted by Crippen LogP contribution is 2.21. The topological polar surface area (TPSA) is 40.9 Å². The summed E-state index contributed by atoms with van der Waals surface area (Å²) in [6.07, 6.45) is 1.92. The van der Waals surface area contributed by atoms with E-state index < -0.39 is 5.82 Å². The zero-order valence-corrected chi connectivity index (χ0v) is 14.9. The lowest BCUT2D eigenvalue weighted by atomic mass is 10.1. The molecule has 1 aliphatic rings. The van der Waals surface area contributed by atoms with Crippen LogP contribution in [0.4, 0.5) is 4.39 Å². The highest BCUT2D eigenvalue weighted by Gasteiger charge is 2.26. The van der Waals surface area contributed by atoms with E-state index in [-0.39, 0.29) is 16.5 Å². The van der Waals surface area contributed by atoms with Gasteiger partial charge in [0.2, 0.25) is 0 Å². The van der Waals surface area contributed by atoms with Crippen LogP contribution in [0.25, 0.3) is 5.52 Å². The molecule has 0 radical (unpaired) electrons. The van der Waals surface area contributed by atoms with E-state index in [1.165, 1.54) is 18.2 Å². The monoisotopic (exact) mass is 372 g/mol.